The van der Waals surface area contributed by atoms with E-state index >= 15 is 0 Å². The Balaban J connectivity index is 2.25. The van der Waals surface area contributed by atoms with Crippen LogP contribution in [0.1, 0.15) is 27.4 Å². The van der Waals surface area contributed by atoms with Crippen molar-refractivity contribution in [1.82, 2.24) is 9.97 Å². The molecule has 1 heterocycles. The van der Waals surface area contributed by atoms with E-state index in [2.05, 4.69) is 30.6 Å². The van der Waals surface area contributed by atoms with Crippen LogP contribution in [0.3, 0.4) is 0 Å². The van der Waals surface area contributed by atoms with E-state index in [0.717, 1.165) is 10.0 Å². The second-order valence-corrected chi connectivity index (χ2v) is 4.83. The molecular weight excluding hydrogens is 334 g/mol. The van der Waals surface area contributed by atoms with Crippen LogP contribution < -0.4 is 0 Å². The zero-order chi connectivity index (χ0) is 15.2. The molecule has 6 heteroatoms. The van der Waals surface area contributed by atoms with Crippen LogP contribution in [0.15, 0.2) is 34.9 Å². The highest BCUT2D eigenvalue weighted by atomic mass is 79.9. The fourth-order valence-electron chi connectivity index (χ4n) is 1.60. The fourth-order valence-corrected chi connectivity index (χ4v) is 2.11. The van der Waals surface area contributed by atoms with E-state index in [-0.39, 0.29) is 11.8 Å². The molecule has 0 saturated heterocycles. The zero-order valence-electron chi connectivity index (χ0n) is 11.1. The van der Waals surface area contributed by atoms with Crippen molar-refractivity contribution < 1.29 is 9.53 Å². The quantitative estimate of drug-likeness (QED) is 0.800. The van der Waals surface area contributed by atoms with Gasteiger partial charge in [-0.25, -0.2) is 14.8 Å². The van der Waals surface area contributed by atoms with Crippen molar-refractivity contribution in [3.05, 3.63) is 57.6 Å². The van der Waals surface area contributed by atoms with Crippen molar-refractivity contribution in [3.8, 4) is 6.07 Å². The summed E-state index contributed by atoms with van der Waals surface area (Å²) < 4.78 is 5.42. The summed E-state index contributed by atoms with van der Waals surface area (Å²) in [5.41, 5.74) is 1.97. The molecule has 104 valence electrons. The summed E-state index contributed by atoms with van der Waals surface area (Å²) in [7, 11) is 1.34. The highest BCUT2D eigenvalue weighted by Crippen LogP contribution is 2.21. The van der Waals surface area contributed by atoms with Gasteiger partial charge in [-0.15, -0.1) is 0 Å². The molecule has 0 aliphatic rings. The Labute approximate surface area is 130 Å². The van der Waals surface area contributed by atoms with Gasteiger partial charge in [0.25, 0.3) is 0 Å². The number of hydrogen-bond acceptors (Lipinski definition) is 5. The monoisotopic (exact) mass is 343 g/mol. The SMILES string of the molecule is COC(=O)c1ccc(/C=C/c2ccnc(C#N)n2)c(Br)c1. The summed E-state index contributed by atoms with van der Waals surface area (Å²) in [5, 5.41) is 8.75. The summed E-state index contributed by atoms with van der Waals surface area (Å²) in [6.07, 6.45) is 5.12. The van der Waals surface area contributed by atoms with Crippen molar-refractivity contribution in [2.24, 2.45) is 0 Å². The van der Waals surface area contributed by atoms with Crippen LogP contribution in [0.25, 0.3) is 12.2 Å². The second kappa shape index (κ2) is 6.77. The van der Waals surface area contributed by atoms with Gasteiger partial charge >= 0.3 is 5.97 Å². The number of carbonyl (C=O) groups is 1. The molecule has 2 aromatic rings. The predicted octanol–water partition coefficient (Wildman–Crippen LogP) is 3.07. The molecule has 0 bridgehead atoms. The number of aromatic nitrogens is 2. The minimum absolute atomic E-state index is 0.122. The van der Waals surface area contributed by atoms with Gasteiger partial charge in [0.05, 0.1) is 18.4 Å². The van der Waals surface area contributed by atoms with Gasteiger partial charge < -0.3 is 4.74 Å². The summed E-state index contributed by atoms with van der Waals surface area (Å²) in [5.74, 6) is -0.266. The second-order valence-electron chi connectivity index (χ2n) is 3.98. The number of carbonyl (C=O) groups excluding carboxylic acids is 1. The molecule has 5 nitrogen and oxygen atoms in total. The molecule has 0 N–H and O–H groups in total. The Bertz CT molecular complexity index is 751. The van der Waals surface area contributed by atoms with E-state index in [9.17, 15) is 4.79 Å². The molecule has 0 unspecified atom stereocenters. The smallest absolute Gasteiger partial charge is 0.337 e. The van der Waals surface area contributed by atoms with Gasteiger partial charge in [-0.05, 0) is 29.8 Å². The van der Waals surface area contributed by atoms with Gasteiger partial charge in [0.15, 0.2) is 0 Å². The van der Waals surface area contributed by atoms with Gasteiger partial charge in [-0.3, -0.25) is 0 Å². The molecule has 2 rings (SSSR count). The molecule has 1 aromatic heterocycles. The number of hydrogen-bond donors (Lipinski definition) is 0. The predicted molar refractivity (Wildman–Crippen MR) is 81.2 cm³/mol. The average molecular weight is 344 g/mol. The Morgan fingerprint density at radius 1 is 1.38 bits per heavy atom. The maximum atomic E-state index is 11.4. The van der Waals surface area contributed by atoms with Crippen LogP contribution in [0.2, 0.25) is 0 Å². The van der Waals surface area contributed by atoms with Crippen LogP contribution in [0.5, 0.6) is 0 Å². The highest BCUT2D eigenvalue weighted by molar-refractivity contribution is 9.10. The minimum atomic E-state index is -0.388. The van der Waals surface area contributed by atoms with E-state index in [0.29, 0.717) is 11.3 Å². The molecule has 0 fully saturated rings. The third-order valence-corrected chi connectivity index (χ3v) is 3.32. The van der Waals surface area contributed by atoms with E-state index < -0.39 is 0 Å². The van der Waals surface area contributed by atoms with Crippen molar-refractivity contribution in [2.45, 2.75) is 0 Å². The van der Waals surface area contributed by atoms with Crippen LogP contribution in [-0.4, -0.2) is 23.0 Å². The molecule has 1 aromatic carbocycles. The lowest BCUT2D eigenvalue weighted by molar-refractivity contribution is 0.0600. The topological polar surface area (TPSA) is 75.9 Å². The largest absolute Gasteiger partial charge is 0.465 e. The summed E-state index contributed by atoms with van der Waals surface area (Å²) in [6, 6.07) is 8.74. The van der Waals surface area contributed by atoms with Gasteiger partial charge in [-0.2, -0.15) is 5.26 Å². The van der Waals surface area contributed by atoms with Gasteiger partial charge in [0.2, 0.25) is 5.82 Å². The fraction of sp³-hybridized carbons (Fsp3) is 0.0667. The first-order valence-corrected chi connectivity index (χ1v) is 6.72. The van der Waals surface area contributed by atoms with E-state index in [1.165, 1.54) is 13.3 Å². The molecule has 21 heavy (non-hydrogen) atoms. The third-order valence-electron chi connectivity index (χ3n) is 2.63. The lowest BCUT2D eigenvalue weighted by Gasteiger charge is -2.03. The first-order valence-electron chi connectivity index (χ1n) is 5.93. The number of methoxy groups -OCH3 is 1. The molecule has 0 atom stereocenters. The molecule has 0 spiro atoms. The zero-order valence-corrected chi connectivity index (χ0v) is 12.7. The van der Waals surface area contributed by atoms with Crippen LogP contribution in [0, 0.1) is 11.3 Å². The van der Waals surface area contributed by atoms with Crippen molar-refractivity contribution in [3.63, 3.8) is 0 Å². The molecule has 0 amide bonds. The Kier molecular flexibility index (Phi) is 4.80. The average Bonchev–Trinajstić information content (AvgIpc) is 2.53. The number of nitrogens with zero attached hydrogens (tertiary/aromatic N) is 3. The first kappa shape index (κ1) is 14.9. The third kappa shape index (κ3) is 3.74. The molecule has 0 saturated carbocycles. The van der Waals surface area contributed by atoms with Crippen molar-refractivity contribution in [1.29, 1.82) is 5.26 Å². The number of rotatable bonds is 3. The molecule has 0 radical (unpaired) electrons. The Morgan fingerprint density at radius 3 is 2.86 bits per heavy atom. The number of esters is 1. The maximum Gasteiger partial charge on any atom is 0.337 e. The lowest BCUT2D eigenvalue weighted by Crippen LogP contribution is -2.00. The van der Waals surface area contributed by atoms with Crippen molar-refractivity contribution >= 4 is 34.1 Å². The molecule has 0 aliphatic carbocycles. The molecule has 0 aliphatic heterocycles. The number of nitriles is 1. The minimum Gasteiger partial charge on any atom is -0.465 e. The van der Waals surface area contributed by atoms with Gasteiger partial charge in [0, 0.05) is 10.7 Å². The van der Waals surface area contributed by atoms with Crippen LogP contribution >= 0.6 is 15.9 Å². The normalized spacial score (nSPS) is 10.3. The standard InChI is InChI=1S/C15H10BrN3O2/c1-21-15(20)11-3-2-10(13(16)8-11)4-5-12-6-7-18-14(9-17)19-12/h2-8H,1H3/b5-4+. The Morgan fingerprint density at radius 2 is 2.19 bits per heavy atom. The summed E-state index contributed by atoms with van der Waals surface area (Å²) in [6.45, 7) is 0. The van der Waals surface area contributed by atoms with Crippen LogP contribution in [-0.2, 0) is 4.74 Å². The van der Waals surface area contributed by atoms with E-state index in [4.69, 9.17) is 5.26 Å². The lowest BCUT2D eigenvalue weighted by atomic mass is 10.1. The van der Waals surface area contributed by atoms with E-state index in [1.54, 1.807) is 30.3 Å². The maximum absolute atomic E-state index is 11.4. The van der Waals surface area contributed by atoms with Crippen molar-refractivity contribution in [2.75, 3.05) is 7.11 Å². The first-order chi connectivity index (χ1) is 10.1. The Hall–Kier alpha value is -2.52. The van der Waals surface area contributed by atoms with Gasteiger partial charge in [-0.1, -0.05) is 28.1 Å². The summed E-state index contributed by atoms with van der Waals surface area (Å²) >= 11 is 3.40. The number of benzene rings is 1. The van der Waals surface area contributed by atoms with Gasteiger partial charge in [0.1, 0.15) is 6.07 Å². The number of halogens is 1. The molecular formula is C15H10BrN3O2. The van der Waals surface area contributed by atoms with Crippen LogP contribution in [0.4, 0.5) is 0 Å². The highest BCUT2D eigenvalue weighted by Gasteiger charge is 2.07. The van der Waals surface area contributed by atoms with E-state index in [1.807, 2.05) is 12.1 Å². The summed E-state index contributed by atoms with van der Waals surface area (Å²) in [4.78, 5) is 19.3. The number of ether oxygens (including phenoxy) is 1.